The summed E-state index contributed by atoms with van der Waals surface area (Å²) in [6.45, 7) is 0. The summed E-state index contributed by atoms with van der Waals surface area (Å²) < 4.78 is 37.9. The number of halogens is 3. The first-order chi connectivity index (χ1) is 11.7. The highest BCUT2D eigenvalue weighted by Gasteiger charge is 2.30. The molecule has 1 aliphatic rings. The molecule has 2 rings (SSSR count). The van der Waals surface area contributed by atoms with Crippen molar-refractivity contribution in [1.82, 2.24) is 5.32 Å². The standard InChI is InChI=1S/C16H12F3NO3S2/c17-16(18,19)11-6-2-9(3-7-11)1-4-10(5-8-12(21)22)13-14(23)20-15(24)25-13/h1-4,6-7H,5,8H2,(H,21,22)(H,20,23,24)/b4-1+,13-10-. The minimum Gasteiger partial charge on any atom is -0.481 e. The summed E-state index contributed by atoms with van der Waals surface area (Å²) in [7, 11) is 0. The Hall–Kier alpha value is -2.13. The van der Waals surface area contributed by atoms with Gasteiger partial charge in [-0.3, -0.25) is 9.59 Å². The van der Waals surface area contributed by atoms with Gasteiger partial charge in [0.2, 0.25) is 0 Å². The van der Waals surface area contributed by atoms with Crippen LogP contribution in [0.15, 0.2) is 40.8 Å². The zero-order valence-electron chi connectivity index (χ0n) is 12.6. The zero-order chi connectivity index (χ0) is 18.6. The highest BCUT2D eigenvalue weighted by Crippen LogP contribution is 2.31. The molecule has 132 valence electrons. The summed E-state index contributed by atoms with van der Waals surface area (Å²) in [6.07, 6.45) is -1.44. The number of thioether (sulfide) groups is 1. The Morgan fingerprint density at radius 3 is 2.36 bits per heavy atom. The zero-order valence-corrected chi connectivity index (χ0v) is 14.2. The van der Waals surface area contributed by atoms with Crippen molar-refractivity contribution in [2.45, 2.75) is 19.0 Å². The van der Waals surface area contributed by atoms with Crippen LogP contribution in [0.5, 0.6) is 0 Å². The lowest BCUT2D eigenvalue weighted by Crippen LogP contribution is -2.18. The molecule has 9 heteroatoms. The minimum atomic E-state index is -4.41. The number of carbonyl (C=O) groups excluding carboxylic acids is 1. The van der Waals surface area contributed by atoms with Gasteiger partial charge in [-0.15, -0.1) is 0 Å². The van der Waals surface area contributed by atoms with Gasteiger partial charge in [-0.1, -0.05) is 48.3 Å². The van der Waals surface area contributed by atoms with Crippen LogP contribution in [0.4, 0.5) is 13.2 Å². The van der Waals surface area contributed by atoms with Crippen LogP contribution in [0.1, 0.15) is 24.0 Å². The Morgan fingerprint density at radius 1 is 1.24 bits per heavy atom. The van der Waals surface area contributed by atoms with Gasteiger partial charge in [0, 0.05) is 6.42 Å². The molecule has 1 saturated heterocycles. The molecule has 0 atom stereocenters. The van der Waals surface area contributed by atoms with E-state index >= 15 is 0 Å². The molecule has 25 heavy (non-hydrogen) atoms. The van der Waals surface area contributed by atoms with Crippen LogP contribution in [-0.4, -0.2) is 21.3 Å². The van der Waals surface area contributed by atoms with E-state index in [1.807, 2.05) is 0 Å². The summed E-state index contributed by atoms with van der Waals surface area (Å²) in [5.41, 5.74) is 0.197. The molecule has 0 saturated carbocycles. The van der Waals surface area contributed by atoms with Crippen molar-refractivity contribution < 1.29 is 27.9 Å². The van der Waals surface area contributed by atoms with Gasteiger partial charge in [0.15, 0.2) is 0 Å². The fourth-order valence-electron chi connectivity index (χ4n) is 2.02. The molecule has 0 aromatic heterocycles. The lowest BCUT2D eigenvalue weighted by atomic mass is 10.1. The number of carbonyl (C=O) groups is 2. The predicted molar refractivity (Wildman–Crippen MR) is 92.7 cm³/mol. The monoisotopic (exact) mass is 387 g/mol. The summed E-state index contributed by atoms with van der Waals surface area (Å²) in [5.74, 6) is -1.43. The van der Waals surface area contributed by atoms with Crippen molar-refractivity contribution in [1.29, 1.82) is 0 Å². The Bertz CT molecular complexity index is 768. The van der Waals surface area contributed by atoms with Gasteiger partial charge in [-0.2, -0.15) is 13.2 Å². The summed E-state index contributed by atoms with van der Waals surface area (Å²) in [4.78, 5) is 22.9. The van der Waals surface area contributed by atoms with Crippen molar-refractivity contribution in [2.75, 3.05) is 0 Å². The SMILES string of the molecule is O=C(O)CCC(/C=C/c1ccc(C(F)(F)F)cc1)=C1\SC(=S)NC1=O. The number of alkyl halides is 3. The number of nitrogens with one attached hydrogen (secondary N) is 1. The number of carboxylic acids is 1. The summed E-state index contributed by atoms with van der Waals surface area (Å²) >= 11 is 5.94. The van der Waals surface area contributed by atoms with Crippen molar-refractivity contribution in [3.05, 3.63) is 51.9 Å². The van der Waals surface area contributed by atoms with E-state index in [9.17, 15) is 22.8 Å². The molecule has 1 amide bonds. The Labute approximate surface area is 150 Å². The lowest BCUT2D eigenvalue weighted by molar-refractivity contribution is -0.138. The smallest absolute Gasteiger partial charge is 0.416 e. The maximum atomic E-state index is 12.6. The predicted octanol–water partition coefficient (Wildman–Crippen LogP) is 3.99. The number of thiocarbonyl (C=S) groups is 1. The van der Waals surface area contributed by atoms with Gasteiger partial charge >= 0.3 is 12.1 Å². The number of carboxylic acid groups (broad SMARTS) is 1. The van der Waals surface area contributed by atoms with Crippen LogP contribution in [-0.2, 0) is 15.8 Å². The van der Waals surface area contributed by atoms with Gasteiger partial charge in [0.05, 0.1) is 10.5 Å². The van der Waals surface area contributed by atoms with E-state index in [0.717, 1.165) is 23.9 Å². The van der Waals surface area contributed by atoms with Crippen LogP contribution in [0.25, 0.3) is 6.08 Å². The number of hydrogen-bond donors (Lipinski definition) is 2. The Morgan fingerprint density at radius 2 is 1.88 bits per heavy atom. The maximum absolute atomic E-state index is 12.6. The van der Waals surface area contributed by atoms with E-state index in [-0.39, 0.29) is 17.2 Å². The lowest BCUT2D eigenvalue weighted by Gasteiger charge is -2.06. The molecule has 1 fully saturated rings. The van der Waals surface area contributed by atoms with Gasteiger partial charge in [-0.05, 0) is 29.7 Å². The van der Waals surface area contributed by atoms with Gasteiger partial charge in [0.25, 0.3) is 5.91 Å². The topological polar surface area (TPSA) is 66.4 Å². The number of aliphatic carboxylic acids is 1. The summed E-state index contributed by atoms with van der Waals surface area (Å²) in [6, 6.07) is 4.50. The van der Waals surface area contributed by atoms with E-state index in [0.29, 0.717) is 16.0 Å². The highest BCUT2D eigenvalue weighted by molar-refractivity contribution is 8.26. The van der Waals surface area contributed by atoms with Crippen molar-refractivity contribution in [3.8, 4) is 0 Å². The number of rotatable bonds is 5. The quantitative estimate of drug-likeness (QED) is 0.591. The highest BCUT2D eigenvalue weighted by atomic mass is 32.2. The molecule has 4 nitrogen and oxygen atoms in total. The first kappa shape index (κ1) is 19.2. The van der Waals surface area contributed by atoms with Gasteiger partial charge in [-0.25, -0.2) is 0 Å². The third-order valence-corrected chi connectivity index (χ3v) is 4.52. The summed E-state index contributed by atoms with van der Waals surface area (Å²) in [5, 5.41) is 11.3. The molecule has 0 spiro atoms. The minimum absolute atomic E-state index is 0.102. The third-order valence-electron chi connectivity index (χ3n) is 3.23. The number of amides is 1. The van der Waals surface area contributed by atoms with E-state index in [1.54, 1.807) is 0 Å². The van der Waals surface area contributed by atoms with E-state index in [4.69, 9.17) is 17.3 Å². The average Bonchev–Trinajstić information content (AvgIpc) is 2.85. The molecular weight excluding hydrogens is 375 g/mol. The molecule has 1 heterocycles. The Kier molecular flexibility index (Phi) is 6.02. The molecule has 1 aliphatic heterocycles. The van der Waals surface area contributed by atoms with Crippen LogP contribution >= 0.6 is 24.0 Å². The maximum Gasteiger partial charge on any atom is 0.416 e. The van der Waals surface area contributed by atoms with Crippen LogP contribution in [0.2, 0.25) is 0 Å². The number of hydrogen-bond acceptors (Lipinski definition) is 4. The third kappa shape index (κ3) is 5.43. The molecule has 0 aliphatic carbocycles. The van der Waals surface area contributed by atoms with Gasteiger partial charge in [0.1, 0.15) is 4.32 Å². The first-order valence-electron chi connectivity index (χ1n) is 7.00. The van der Waals surface area contributed by atoms with E-state index in [1.165, 1.54) is 24.3 Å². The molecule has 0 radical (unpaired) electrons. The Balaban J connectivity index is 2.25. The van der Waals surface area contributed by atoms with Crippen LogP contribution < -0.4 is 5.32 Å². The normalized spacial score (nSPS) is 17.1. The molecule has 0 unspecified atom stereocenters. The van der Waals surface area contributed by atoms with Crippen molar-refractivity contribution >= 4 is 46.3 Å². The first-order valence-corrected chi connectivity index (χ1v) is 8.23. The second-order valence-electron chi connectivity index (χ2n) is 5.04. The number of benzene rings is 1. The van der Waals surface area contributed by atoms with E-state index in [2.05, 4.69) is 5.32 Å². The fourth-order valence-corrected chi connectivity index (χ4v) is 3.14. The van der Waals surface area contributed by atoms with Crippen molar-refractivity contribution in [3.63, 3.8) is 0 Å². The molecular formula is C16H12F3NO3S2. The number of allylic oxidation sites excluding steroid dienone is 2. The fraction of sp³-hybridized carbons (Fsp3) is 0.188. The average molecular weight is 387 g/mol. The van der Waals surface area contributed by atoms with Crippen molar-refractivity contribution in [2.24, 2.45) is 0 Å². The molecule has 0 bridgehead atoms. The van der Waals surface area contributed by atoms with Crippen LogP contribution in [0.3, 0.4) is 0 Å². The second kappa shape index (κ2) is 7.83. The van der Waals surface area contributed by atoms with Gasteiger partial charge < -0.3 is 10.4 Å². The molecule has 1 aromatic rings. The van der Waals surface area contributed by atoms with Crippen LogP contribution in [0, 0.1) is 0 Å². The second-order valence-corrected chi connectivity index (χ2v) is 6.73. The molecule has 2 N–H and O–H groups in total. The molecule has 1 aromatic carbocycles. The largest absolute Gasteiger partial charge is 0.481 e. The van der Waals surface area contributed by atoms with E-state index < -0.39 is 23.6 Å².